The van der Waals surface area contributed by atoms with Crippen molar-refractivity contribution in [2.24, 2.45) is 0 Å². The van der Waals surface area contributed by atoms with Crippen molar-refractivity contribution in [1.29, 1.82) is 0 Å². The van der Waals surface area contributed by atoms with E-state index in [0.29, 0.717) is 37.6 Å². The summed E-state index contributed by atoms with van der Waals surface area (Å²) in [5.74, 6) is 0.786. The van der Waals surface area contributed by atoms with Gasteiger partial charge < -0.3 is 9.84 Å². The fraction of sp³-hybridized carbons (Fsp3) is 0.429. The molecular formula is C21H27BrN2O4S. The van der Waals surface area contributed by atoms with E-state index in [1.165, 1.54) is 4.31 Å². The molecule has 1 unspecified atom stereocenters. The molecule has 1 fully saturated rings. The number of ether oxygens (including phenoxy) is 1. The van der Waals surface area contributed by atoms with Crippen molar-refractivity contribution in [2.45, 2.75) is 24.8 Å². The third-order valence-electron chi connectivity index (χ3n) is 5.01. The normalized spacial score (nSPS) is 17.2. The Labute approximate surface area is 181 Å². The number of sulfonamides is 1. The molecule has 0 saturated carbocycles. The number of hydrogen-bond acceptors (Lipinski definition) is 5. The van der Waals surface area contributed by atoms with Crippen molar-refractivity contribution in [3.8, 4) is 5.75 Å². The van der Waals surface area contributed by atoms with Gasteiger partial charge in [-0.1, -0.05) is 34.1 Å². The molecule has 1 saturated heterocycles. The topological polar surface area (TPSA) is 70.1 Å². The highest BCUT2D eigenvalue weighted by Gasteiger charge is 2.29. The van der Waals surface area contributed by atoms with Crippen LogP contribution in [0.4, 0.5) is 0 Å². The minimum Gasteiger partial charge on any atom is -0.491 e. The average molecular weight is 483 g/mol. The van der Waals surface area contributed by atoms with E-state index in [4.69, 9.17) is 4.74 Å². The van der Waals surface area contributed by atoms with Crippen LogP contribution >= 0.6 is 15.9 Å². The molecule has 3 rings (SSSR count). The first-order valence-corrected chi connectivity index (χ1v) is 11.9. The highest BCUT2D eigenvalue weighted by atomic mass is 79.9. The van der Waals surface area contributed by atoms with Gasteiger partial charge >= 0.3 is 0 Å². The van der Waals surface area contributed by atoms with E-state index < -0.39 is 16.1 Å². The molecule has 1 aliphatic heterocycles. The molecule has 29 heavy (non-hydrogen) atoms. The molecule has 6 nitrogen and oxygen atoms in total. The van der Waals surface area contributed by atoms with E-state index in [2.05, 4.69) is 20.8 Å². The van der Waals surface area contributed by atoms with Crippen molar-refractivity contribution in [1.82, 2.24) is 9.21 Å². The number of β-amino-alcohol motifs (C(OH)–C–C–N with tert-alkyl or cyclic N) is 1. The van der Waals surface area contributed by atoms with Gasteiger partial charge in [0.05, 0.1) is 4.90 Å². The zero-order valence-corrected chi connectivity index (χ0v) is 19.1. The minimum atomic E-state index is -3.50. The van der Waals surface area contributed by atoms with Crippen molar-refractivity contribution in [3.63, 3.8) is 0 Å². The standard InChI is InChI=1S/C21H27BrN2O4S/c1-16-6-7-17(2)21(12-16)28-15-19(25)14-23-8-10-24(11-9-23)29(26,27)20-5-3-4-18(22)13-20/h3-7,12-13,19,25H,8-11,14-15H2,1-2H3. The lowest BCUT2D eigenvalue weighted by Crippen LogP contribution is -2.50. The molecule has 0 aliphatic carbocycles. The molecule has 1 heterocycles. The summed E-state index contributed by atoms with van der Waals surface area (Å²) in [7, 11) is -3.50. The van der Waals surface area contributed by atoms with Crippen LogP contribution in [0, 0.1) is 13.8 Å². The lowest BCUT2D eigenvalue weighted by Gasteiger charge is -2.34. The number of hydrogen-bond donors (Lipinski definition) is 1. The van der Waals surface area contributed by atoms with Crippen LogP contribution in [0.15, 0.2) is 51.8 Å². The first-order chi connectivity index (χ1) is 13.8. The number of aliphatic hydroxyl groups excluding tert-OH is 1. The maximum absolute atomic E-state index is 12.8. The number of piperazine rings is 1. The van der Waals surface area contributed by atoms with Crippen molar-refractivity contribution in [2.75, 3.05) is 39.3 Å². The van der Waals surface area contributed by atoms with Crippen LogP contribution in [0.3, 0.4) is 0 Å². The maximum atomic E-state index is 12.8. The highest BCUT2D eigenvalue weighted by Crippen LogP contribution is 2.22. The SMILES string of the molecule is Cc1ccc(C)c(OCC(O)CN2CCN(S(=O)(=O)c3cccc(Br)c3)CC2)c1. The van der Waals surface area contributed by atoms with E-state index in [9.17, 15) is 13.5 Å². The number of halogens is 1. The molecule has 2 aromatic carbocycles. The van der Waals surface area contributed by atoms with Crippen molar-refractivity contribution in [3.05, 3.63) is 58.1 Å². The molecule has 0 amide bonds. The number of benzene rings is 2. The number of rotatable bonds is 7. The molecule has 158 valence electrons. The van der Waals surface area contributed by atoms with Gasteiger partial charge in [0.1, 0.15) is 18.5 Å². The zero-order chi connectivity index (χ0) is 21.0. The van der Waals surface area contributed by atoms with Crippen molar-refractivity contribution < 1.29 is 18.3 Å². The average Bonchev–Trinajstić information content (AvgIpc) is 2.69. The minimum absolute atomic E-state index is 0.209. The Morgan fingerprint density at radius 1 is 1.10 bits per heavy atom. The number of aliphatic hydroxyl groups is 1. The van der Waals surface area contributed by atoms with Crippen LogP contribution in [0.5, 0.6) is 5.75 Å². The van der Waals surface area contributed by atoms with Gasteiger partial charge in [0, 0.05) is 37.2 Å². The van der Waals surface area contributed by atoms with Crippen LogP contribution in [0.25, 0.3) is 0 Å². The smallest absolute Gasteiger partial charge is 0.243 e. The fourth-order valence-corrected chi connectivity index (χ4v) is 5.35. The summed E-state index contributed by atoms with van der Waals surface area (Å²) in [5.41, 5.74) is 2.15. The first-order valence-electron chi connectivity index (χ1n) is 9.62. The maximum Gasteiger partial charge on any atom is 0.243 e. The molecule has 8 heteroatoms. The number of nitrogens with zero attached hydrogens (tertiary/aromatic N) is 2. The van der Waals surface area contributed by atoms with Gasteiger partial charge in [-0.15, -0.1) is 0 Å². The fourth-order valence-electron chi connectivity index (χ4n) is 3.33. The van der Waals surface area contributed by atoms with Gasteiger partial charge in [-0.25, -0.2) is 8.42 Å². The molecular weight excluding hydrogens is 456 g/mol. The molecule has 0 bridgehead atoms. The predicted molar refractivity (Wildman–Crippen MR) is 117 cm³/mol. The van der Waals surface area contributed by atoms with Crippen LogP contribution in [-0.4, -0.2) is 68.2 Å². The van der Waals surface area contributed by atoms with Crippen LogP contribution in [0.2, 0.25) is 0 Å². The van der Waals surface area contributed by atoms with Crippen LogP contribution in [-0.2, 0) is 10.0 Å². The summed E-state index contributed by atoms with van der Waals surface area (Å²) in [6.07, 6.45) is -0.636. The Morgan fingerprint density at radius 2 is 1.83 bits per heavy atom. The molecule has 1 N–H and O–H groups in total. The second-order valence-electron chi connectivity index (χ2n) is 7.40. The van der Waals surface area contributed by atoms with Crippen LogP contribution in [0.1, 0.15) is 11.1 Å². The summed E-state index contributed by atoms with van der Waals surface area (Å²) in [5, 5.41) is 10.4. The molecule has 1 aliphatic rings. The van der Waals surface area contributed by atoms with E-state index in [1.54, 1.807) is 24.3 Å². The monoisotopic (exact) mass is 482 g/mol. The summed E-state index contributed by atoms with van der Waals surface area (Å²) in [6.45, 7) is 6.60. The van der Waals surface area contributed by atoms with Crippen LogP contribution < -0.4 is 4.74 Å². The summed E-state index contributed by atoms with van der Waals surface area (Å²) >= 11 is 3.32. The van der Waals surface area contributed by atoms with E-state index >= 15 is 0 Å². The Bertz CT molecular complexity index is 943. The van der Waals surface area contributed by atoms with Gasteiger partial charge in [0.15, 0.2) is 0 Å². The second-order valence-corrected chi connectivity index (χ2v) is 10.2. The van der Waals surface area contributed by atoms with Gasteiger partial charge in [-0.3, -0.25) is 4.90 Å². The van der Waals surface area contributed by atoms with Crippen molar-refractivity contribution >= 4 is 26.0 Å². The van der Waals surface area contributed by atoms with E-state index in [-0.39, 0.29) is 6.61 Å². The molecule has 1 atom stereocenters. The number of aryl methyl sites for hydroxylation is 2. The lowest BCUT2D eigenvalue weighted by molar-refractivity contribution is 0.0567. The molecule has 0 spiro atoms. The largest absolute Gasteiger partial charge is 0.491 e. The van der Waals surface area contributed by atoms with E-state index in [0.717, 1.165) is 21.3 Å². The summed E-state index contributed by atoms with van der Waals surface area (Å²) in [4.78, 5) is 2.37. The van der Waals surface area contributed by atoms with Gasteiger partial charge in [-0.05, 0) is 49.2 Å². The Morgan fingerprint density at radius 3 is 2.52 bits per heavy atom. The van der Waals surface area contributed by atoms with E-state index in [1.807, 2.05) is 32.0 Å². The Balaban J connectivity index is 1.50. The first kappa shape index (κ1) is 22.2. The molecule has 0 radical (unpaired) electrons. The highest BCUT2D eigenvalue weighted by molar-refractivity contribution is 9.10. The molecule has 2 aromatic rings. The second kappa shape index (κ2) is 9.57. The summed E-state index contributed by atoms with van der Waals surface area (Å²) in [6, 6.07) is 12.8. The van der Waals surface area contributed by atoms with Gasteiger partial charge in [0.25, 0.3) is 0 Å². The third-order valence-corrected chi connectivity index (χ3v) is 7.40. The third kappa shape index (κ3) is 5.79. The molecule has 0 aromatic heterocycles. The zero-order valence-electron chi connectivity index (χ0n) is 16.7. The van der Waals surface area contributed by atoms with Gasteiger partial charge in [-0.2, -0.15) is 4.31 Å². The quantitative estimate of drug-likeness (QED) is 0.656. The van der Waals surface area contributed by atoms with Gasteiger partial charge in [0.2, 0.25) is 10.0 Å². The predicted octanol–water partition coefficient (Wildman–Crippen LogP) is 2.81. The summed E-state index contributed by atoms with van der Waals surface area (Å²) < 4.78 is 33.6. The Kier molecular flexibility index (Phi) is 7.34. The Hall–Kier alpha value is -1.45. The lowest BCUT2D eigenvalue weighted by atomic mass is 10.1.